The molecule has 0 spiro atoms. The molecule has 0 saturated heterocycles. The highest BCUT2D eigenvalue weighted by Crippen LogP contribution is 2.21. The van der Waals surface area contributed by atoms with Crippen LogP contribution in [0.3, 0.4) is 0 Å². The highest BCUT2D eigenvalue weighted by atomic mass is 16.5. The van der Waals surface area contributed by atoms with Crippen LogP contribution < -0.4 is 5.32 Å². The van der Waals surface area contributed by atoms with Crippen LogP contribution >= 0.6 is 0 Å². The maximum atomic E-state index is 5.85. The molecule has 0 radical (unpaired) electrons. The van der Waals surface area contributed by atoms with Gasteiger partial charge in [-0.1, -0.05) is 30.3 Å². The Kier molecular flexibility index (Phi) is 4.19. The molecule has 1 heterocycles. The molecule has 3 heteroatoms. The molecule has 1 aromatic carbocycles. The van der Waals surface area contributed by atoms with E-state index in [0.29, 0.717) is 6.61 Å². The fourth-order valence-electron chi connectivity index (χ4n) is 2.17. The Morgan fingerprint density at radius 3 is 2.85 bits per heavy atom. The molecule has 1 aromatic heterocycles. The van der Waals surface area contributed by atoms with Crippen molar-refractivity contribution in [3.05, 3.63) is 59.5 Å². The van der Waals surface area contributed by atoms with Gasteiger partial charge < -0.3 is 14.5 Å². The number of furan rings is 1. The molecule has 0 bridgehead atoms. The normalized spacial score (nSPS) is 16.2. The van der Waals surface area contributed by atoms with E-state index in [2.05, 4.69) is 30.4 Å². The van der Waals surface area contributed by atoms with Gasteiger partial charge in [-0.2, -0.15) is 0 Å². The molecule has 106 valence electrons. The van der Waals surface area contributed by atoms with E-state index in [1.54, 1.807) is 0 Å². The van der Waals surface area contributed by atoms with Crippen molar-refractivity contribution >= 4 is 0 Å². The average Bonchev–Trinajstić information content (AvgIpc) is 3.22. The van der Waals surface area contributed by atoms with Gasteiger partial charge in [0, 0.05) is 18.2 Å². The van der Waals surface area contributed by atoms with Gasteiger partial charge in [0.25, 0.3) is 0 Å². The zero-order valence-electron chi connectivity index (χ0n) is 11.8. The summed E-state index contributed by atoms with van der Waals surface area (Å²) < 4.78 is 11.4. The minimum Gasteiger partial charge on any atom is -0.467 e. The van der Waals surface area contributed by atoms with Gasteiger partial charge in [0.2, 0.25) is 0 Å². The van der Waals surface area contributed by atoms with Gasteiger partial charge in [-0.15, -0.1) is 0 Å². The van der Waals surface area contributed by atoms with Crippen molar-refractivity contribution < 1.29 is 9.15 Å². The number of benzene rings is 1. The summed E-state index contributed by atoms with van der Waals surface area (Å²) in [5.74, 6) is 0.889. The number of hydrogen-bond donors (Lipinski definition) is 1. The zero-order chi connectivity index (χ0) is 13.8. The van der Waals surface area contributed by atoms with Crippen LogP contribution in [-0.2, 0) is 17.9 Å². The molecule has 1 unspecified atom stereocenters. The Balaban J connectivity index is 1.47. The molecule has 1 N–H and O–H groups in total. The first kappa shape index (κ1) is 13.4. The van der Waals surface area contributed by atoms with Gasteiger partial charge in [-0.3, -0.25) is 0 Å². The fourth-order valence-corrected chi connectivity index (χ4v) is 2.17. The van der Waals surface area contributed by atoms with E-state index in [1.165, 1.54) is 24.0 Å². The molecule has 1 saturated carbocycles. The lowest BCUT2D eigenvalue weighted by Crippen LogP contribution is -2.14. The molecule has 1 aliphatic carbocycles. The Bertz CT molecular complexity index is 531. The van der Waals surface area contributed by atoms with Crippen LogP contribution in [0, 0.1) is 0 Å². The largest absolute Gasteiger partial charge is 0.467 e. The molecular formula is C17H21NO2. The average molecular weight is 271 g/mol. The summed E-state index contributed by atoms with van der Waals surface area (Å²) in [6, 6.07) is 13.0. The van der Waals surface area contributed by atoms with Gasteiger partial charge in [0.05, 0.1) is 12.4 Å². The predicted octanol–water partition coefficient (Wildman–Crippen LogP) is 3.81. The van der Waals surface area contributed by atoms with Crippen molar-refractivity contribution in [1.82, 2.24) is 5.32 Å². The third kappa shape index (κ3) is 3.71. The maximum absolute atomic E-state index is 5.85. The molecule has 2 aromatic rings. The van der Waals surface area contributed by atoms with E-state index in [-0.39, 0.29) is 6.10 Å². The smallest absolute Gasteiger partial charge is 0.129 e. The standard InChI is InChI=1S/C17H21NO2/c1-13(15-5-3-2-4-6-15)19-12-17-9-14(11-20-17)10-18-16-7-8-16/h2-6,9,11,13,16,18H,7-8,10,12H2,1H3. The summed E-state index contributed by atoms with van der Waals surface area (Å²) in [7, 11) is 0. The number of hydrogen-bond acceptors (Lipinski definition) is 3. The second kappa shape index (κ2) is 6.25. The topological polar surface area (TPSA) is 34.4 Å². The molecule has 0 amide bonds. The molecule has 1 atom stereocenters. The van der Waals surface area contributed by atoms with Gasteiger partial charge in [-0.05, 0) is 31.4 Å². The summed E-state index contributed by atoms with van der Waals surface area (Å²) in [5.41, 5.74) is 2.39. The molecule has 1 fully saturated rings. The van der Waals surface area contributed by atoms with Crippen molar-refractivity contribution in [2.45, 2.75) is 45.1 Å². The first-order valence-electron chi connectivity index (χ1n) is 7.27. The van der Waals surface area contributed by atoms with E-state index in [0.717, 1.165) is 18.3 Å². The quantitative estimate of drug-likeness (QED) is 0.831. The fraction of sp³-hybridized carbons (Fsp3) is 0.412. The highest BCUT2D eigenvalue weighted by Gasteiger charge is 2.20. The van der Waals surface area contributed by atoms with Crippen LogP contribution in [0.15, 0.2) is 47.1 Å². The van der Waals surface area contributed by atoms with E-state index >= 15 is 0 Å². The van der Waals surface area contributed by atoms with Crippen LogP contribution in [0.4, 0.5) is 0 Å². The lowest BCUT2D eigenvalue weighted by molar-refractivity contribution is 0.0420. The minimum absolute atomic E-state index is 0.0781. The van der Waals surface area contributed by atoms with Crippen molar-refractivity contribution in [3.63, 3.8) is 0 Å². The molecule has 0 aliphatic heterocycles. The highest BCUT2D eigenvalue weighted by molar-refractivity contribution is 5.17. The van der Waals surface area contributed by atoms with E-state index in [1.807, 2.05) is 24.5 Å². The minimum atomic E-state index is 0.0781. The molecular weight excluding hydrogens is 250 g/mol. The predicted molar refractivity (Wildman–Crippen MR) is 78.2 cm³/mol. The SMILES string of the molecule is CC(OCc1cc(CNC2CC2)co1)c1ccccc1. The second-order valence-corrected chi connectivity index (χ2v) is 5.44. The Labute approximate surface area is 119 Å². The van der Waals surface area contributed by atoms with Crippen LogP contribution in [-0.4, -0.2) is 6.04 Å². The van der Waals surface area contributed by atoms with E-state index in [4.69, 9.17) is 9.15 Å². The van der Waals surface area contributed by atoms with Crippen molar-refractivity contribution in [1.29, 1.82) is 0 Å². The number of rotatable bonds is 7. The summed E-state index contributed by atoms with van der Waals surface area (Å²) >= 11 is 0. The second-order valence-electron chi connectivity index (χ2n) is 5.44. The summed E-state index contributed by atoms with van der Waals surface area (Å²) in [5, 5.41) is 3.48. The molecule has 1 aliphatic rings. The van der Waals surface area contributed by atoms with Crippen LogP contribution in [0.25, 0.3) is 0 Å². The third-order valence-electron chi connectivity index (χ3n) is 3.62. The summed E-state index contributed by atoms with van der Waals surface area (Å²) in [6.45, 7) is 3.47. The lowest BCUT2D eigenvalue weighted by atomic mass is 10.1. The Hall–Kier alpha value is -1.58. The molecule has 3 nitrogen and oxygen atoms in total. The van der Waals surface area contributed by atoms with Crippen LogP contribution in [0.5, 0.6) is 0 Å². The van der Waals surface area contributed by atoms with Crippen molar-refractivity contribution in [2.75, 3.05) is 0 Å². The zero-order valence-corrected chi connectivity index (χ0v) is 11.8. The summed E-state index contributed by atoms with van der Waals surface area (Å²) in [6.07, 6.45) is 4.51. The van der Waals surface area contributed by atoms with Gasteiger partial charge in [-0.25, -0.2) is 0 Å². The maximum Gasteiger partial charge on any atom is 0.129 e. The Morgan fingerprint density at radius 2 is 2.10 bits per heavy atom. The van der Waals surface area contributed by atoms with Crippen LogP contribution in [0.1, 0.15) is 42.8 Å². The molecule has 20 heavy (non-hydrogen) atoms. The summed E-state index contributed by atoms with van der Waals surface area (Å²) in [4.78, 5) is 0. The van der Waals surface area contributed by atoms with Gasteiger partial charge in [0.15, 0.2) is 0 Å². The first-order valence-corrected chi connectivity index (χ1v) is 7.27. The number of nitrogens with one attached hydrogen (secondary N) is 1. The van der Waals surface area contributed by atoms with Gasteiger partial charge in [0.1, 0.15) is 12.4 Å². The monoisotopic (exact) mass is 271 g/mol. The van der Waals surface area contributed by atoms with E-state index < -0.39 is 0 Å². The Morgan fingerprint density at radius 1 is 1.30 bits per heavy atom. The van der Waals surface area contributed by atoms with Crippen LogP contribution in [0.2, 0.25) is 0 Å². The van der Waals surface area contributed by atoms with E-state index in [9.17, 15) is 0 Å². The van der Waals surface area contributed by atoms with Crippen molar-refractivity contribution in [2.24, 2.45) is 0 Å². The molecule has 3 rings (SSSR count). The van der Waals surface area contributed by atoms with Gasteiger partial charge >= 0.3 is 0 Å². The lowest BCUT2D eigenvalue weighted by Gasteiger charge is -2.11. The van der Waals surface area contributed by atoms with Crippen molar-refractivity contribution in [3.8, 4) is 0 Å². The number of ether oxygens (including phenoxy) is 1. The first-order chi connectivity index (χ1) is 9.81. The third-order valence-corrected chi connectivity index (χ3v) is 3.62.